The molecule has 5 heteroatoms. The van der Waals surface area contributed by atoms with Crippen LogP contribution < -0.4 is 0 Å². The quantitative estimate of drug-likeness (QED) is 0.733. The summed E-state index contributed by atoms with van der Waals surface area (Å²) in [7, 11) is 0. The third-order valence-electron chi connectivity index (χ3n) is 2.72. The zero-order valence-corrected chi connectivity index (χ0v) is 8.65. The maximum Gasteiger partial charge on any atom is 0.375 e. The first-order valence-corrected chi connectivity index (χ1v) is 4.80. The van der Waals surface area contributed by atoms with E-state index in [9.17, 15) is 9.90 Å². The molecule has 1 aliphatic rings. The summed E-state index contributed by atoms with van der Waals surface area (Å²) in [5, 5.41) is 22.4. The third-order valence-corrected chi connectivity index (χ3v) is 2.72. The highest BCUT2D eigenvalue weighted by Gasteiger charge is 2.37. The Morgan fingerprint density at radius 1 is 1.60 bits per heavy atom. The molecule has 0 aliphatic heterocycles. The van der Waals surface area contributed by atoms with Gasteiger partial charge in [0, 0.05) is 0 Å². The molecule has 15 heavy (non-hydrogen) atoms. The lowest BCUT2D eigenvalue weighted by Crippen LogP contribution is -2.26. The molecule has 0 saturated heterocycles. The minimum absolute atomic E-state index is 0.0704. The van der Waals surface area contributed by atoms with Crippen molar-refractivity contribution in [3.63, 3.8) is 0 Å². The van der Waals surface area contributed by atoms with E-state index < -0.39 is 12.1 Å². The fourth-order valence-corrected chi connectivity index (χ4v) is 2.11. The lowest BCUT2D eigenvalue weighted by atomic mass is 9.75. The first-order chi connectivity index (χ1) is 6.91. The normalized spacial score (nSPS) is 23.5. The molecule has 0 aromatic carbocycles. The van der Waals surface area contributed by atoms with Gasteiger partial charge in [0.15, 0.2) is 0 Å². The van der Waals surface area contributed by atoms with Crippen LogP contribution in [0.2, 0.25) is 0 Å². The van der Waals surface area contributed by atoms with Crippen LogP contribution in [0.5, 0.6) is 0 Å². The number of aromatic nitrogens is 1. The van der Waals surface area contributed by atoms with E-state index in [4.69, 9.17) is 9.63 Å². The summed E-state index contributed by atoms with van der Waals surface area (Å²) >= 11 is 0. The van der Waals surface area contributed by atoms with Crippen LogP contribution in [-0.4, -0.2) is 21.3 Å². The van der Waals surface area contributed by atoms with Crippen molar-refractivity contribution in [3.8, 4) is 0 Å². The minimum atomic E-state index is -1.18. The molecule has 0 amide bonds. The number of fused-ring (bicyclic) bond motifs is 1. The lowest BCUT2D eigenvalue weighted by Gasteiger charge is -2.31. The predicted molar refractivity (Wildman–Crippen MR) is 50.5 cm³/mol. The number of carboxylic acid groups (broad SMARTS) is 1. The third kappa shape index (κ3) is 1.63. The Morgan fingerprint density at radius 2 is 2.27 bits per heavy atom. The molecule has 1 atom stereocenters. The highest BCUT2D eigenvalue weighted by molar-refractivity contribution is 5.86. The van der Waals surface area contributed by atoms with E-state index >= 15 is 0 Å². The second kappa shape index (κ2) is 3.06. The Morgan fingerprint density at radius 3 is 2.87 bits per heavy atom. The molecule has 0 radical (unpaired) electrons. The zero-order valence-electron chi connectivity index (χ0n) is 8.65. The molecule has 2 rings (SSSR count). The molecular weight excluding hydrogens is 198 g/mol. The van der Waals surface area contributed by atoms with E-state index in [-0.39, 0.29) is 11.2 Å². The maximum atomic E-state index is 10.8. The van der Waals surface area contributed by atoms with E-state index in [1.54, 1.807) is 0 Å². The van der Waals surface area contributed by atoms with Crippen LogP contribution in [-0.2, 0) is 6.42 Å². The van der Waals surface area contributed by atoms with Gasteiger partial charge >= 0.3 is 5.97 Å². The fourth-order valence-electron chi connectivity index (χ4n) is 2.11. The number of carboxylic acids is 1. The maximum absolute atomic E-state index is 10.8. The highest BCUT2D eigenvalue weighted by Crippen LogP contribution is 2.41. The van der Waals surface area contributed by atoms with Crippen LogP contribution in [0.15, 0.2) is 4.52 Å². The van der Waals surface area contributed by atoms with Crippen LogP contribution in [0, 0.1) is 5.41 Å². The van der Waals surface area contributed by atoms with Gasteiger partial charge in [0.25, 0.3) is 0 Å². The number of aliphatic hydroxyl groups is 1. The van der Waals surface area contributed by atoms with E-state index in [0.29, 0.717) is 24.1 Å². The standard InChI is InChI=1S/C10H13NO4/c1-10(2)3-5-7(6(12)4-10)8(9(13)14)15-11-5/h6,12H,3-4H2,1-2H3,(H,13,14). The van der Waals surface area contributed by atoms with E-state index in [1.165, 1.54) is 0 Å². The van der Waals surface area contributed by atoms with Gasteiger partial charge in [-0.2, -0.15) is 0 Å². The second-order valence-corrected chi connectivity index (χ2v) is 4.74. The minimum Gasteiger partial charge on any atom is -0.475 e. The van der Waals surface area contributed by atoms with E-state index in [0.717, 1.165) is 0 Å². The number of rotatable bonds is 1. The van der Waals surface area contributed by atoms with Gasteiger partial charge in [-0.3, -0.25) is 0 Å². The molecular formula is C10H13NO4. The molecule has 1 aliphatic carbocycles. The summed E-state index contributed by atoms with van der Waals surface area (Å²) < 4.78 is 4.73. The number of aromatic carboxylic acids is 1. The van der Waals surface area contributed by atoms with Crippen molar-refractivity contribution < 1.29 is 19.5 Å². The van der Waals surface area contributed by atoms with E-state index in [2.05, 4.69) is 5.16 Å². The summed E-state index contributed by atoms with van der Waals surface area (Å²) in [6, 6.07) is 0. The largest absolute Gasteiger partial charge is 0.475 e. The Kier molecular flexibility index (Phi) is 2.08. The summed E-state index contributed by atoms with van der Waals surface area (Å²) in [4.78, 5) is 10.8. The Hall–Kier alpha value is -1.36. The van der Waals surface area contributed by atoms with Gasteiger partial charge in [-0.1, -0.05) is 19.0 Å². The molecule has 1 heterocycles. The average molecular weight is 211 g/mol. The SMILES string of the molecule is CC1(C)Cc2noc(C(=O)O)c2C(O)C1. The number of carbonyl (C=O) groups is 1. The number of hydrogen-bond acceptors (Lipinski definition) is 4. The van der Waals surface area contributed by atoms with Crippen LogP contribution in [0.25, 0.3) is 0 Å². The first-order valence-electron chi connectivity index (χ1n) is 4.80. The molecule has 0 bridgehead atoms. The van der Waals surface area contributed by atoms with Crippen molar-refractivity contribution in [2.45, 2.75) is 32.8 Å². The smallest absolute Gasteiger partial charge is 0.375 e. The number of nitrogens with zero attached hydrogens (tertiary/aromatic N) is 1. The van der Waals surface area contributed by atoms with Crippen LogP contribution >= 0.6 is 0 Å². The van der Waals surface area contributed by atoms with Crippen molar-refractivity contribution >= 4 is 5.97 Å². The van der Waals surface area contributed by atoms with Crippen LogP contribution in [0.1, 0.15) is 48.2 Å². The molecule has 82 valence electrons. The Balaban J connectivity index is 2.48. The van der Waals surface area contributed by atoms with Crippen molar-refractivity contribution in [1.29, 1.82) is 0 Å². The Labute approximate surface area is 86.7 Å². The molecule has 0 fully saturated rings. The van der Waals surface area contributed by atoms with Gasteiger partial charge in [0.05, 0.1) is 17.4 Å². The van der Waals surface area contributed by atoms with Crippen molar-refractivity contribution in [2.24, 2.45) is 5.41 Å². The van der Waals surface area contributed by atoms with Crippen LogP contribution in [0.3, 0.4) is 0 Å². The second-order valence-electron chi connectivity index (χ2n) is 4.74. The number of aliphatic hydroxyl groups excluding tert-OH is 1. The lowest BCUT2D eigenvalue weighted by molar-refractivity contribution is 0.0629. The molecule has 2 N–H and O–H groups in total. The van der Waals surface area contributed by atoms with Gasteiger partial charge in [-0.25, -0.2) is 4.79 Å². The molecule has 1 aromatic heterocycles. The van der Waals surface area contributed by atoms with Crippen molar-refractivity contribution in [1.82, 2.24) is 5.16 Å². The van der Waals surface area contributed by atoms with Gasteiger partial charge in [0.2, 0.25) is 5.76 Å². The summed E-state index contributed by atoms with van der Waals surface area (Å²) in [5.41, 5.74) is 0.844. The average Bonchev–Trinajstić information content (AvgIpc) is 2.45. The fraction of sp³-hybridized carbons (Fsp3) is 0.600. The monoisotopic (exact) mass is 211 g/mol. The first kappa shape index (κ1) is 10.2. The molecule has 1 unspecified atom stereocenters. The summed E-state index contributed by atoms with van der Waals surface area (Å²) in [6.07, 6.45) is 0.374. The topological polar surface area (TPSA) is 83.6 Å². The van der Waals surface area contributed by atoms with Gasteiger partial charge in [0.1, 0.15) is 0 Å². The Bertz CT molecular complexity index is 408. The summed E-state index contributed by atoms with van der Waals surface area (Å²) in [6.45, 7) is 4.02. The molecule has 5 nitrogen and oxygen atoms in total. The van der Waals surface area contributed by atoms with Crippen molar-refractivity contribution in [3.05, 3.63) is 17.0 Å². The van der Waals surface area contributed by atoms with E-state index in [1.807, 2.05) is 13.8 Å². The van der Waals surface area contributed by atoms with Gasteiger partial charge in [-0.15, -0.1) is 0 Å². The van der Waals surface area contributed by atoms with Gasteiger partial charge < -0.3 is 14.7 Å². The van der Waals surface area contributed by atoms with Gasteiger partial charge in [-0.05, 0) is 18.3 Å². The summed E-state index contributed by atoms with van der Waals surface area (Å²) in [5.74, 6) is -1.41. The number of hydrogen-bond donors (Lipinski definition) is 2. The molecule has 0 saturated carbocycles. The highest BCUT2D eigenvalue weighted by atomic mass is 16.5. The predicted octanol–water partition coefficient (Wildman–Crippen LogP) is 1.38. The molecule has 1 aromatic rings. The van der Waals surface area contributed by atoms with Crippen LogP contribution in [0.4, 0.5) is 0 Å². The zero-order chi connectivity index (χ0) is 11.2. The molecule has 0 spiro atoms. The van der Waals surface area contributed by atoms with Crippen molar-refractivity contribution in [2.75, 3.05) is 0 Å².